The maximum atomic E-state index is 6.00. The Labute approximate surface area is 120 Å². The average Bonchev–Trinajstić information content (AvgIpc) is 3.07. The fourth-order valence-electron chi connectivity index (χ4n) is 2.34. The van der Waals surface area contributed by atoms with Crippen molar-refractivity contribution in [2.24, 2.45) is 7.05 Å². The molecule has 0 fully saturated rings. The molecule has 3 heterocycles. The largest absolute Gasteiger partial charge is 0.340 e. The third-order valence-electron chi connectivity index (χ3n) is 3.19. The molecular formula is C12H15ClN6O. The Morgan fingerprint density at radius 2 is 2.10 bits per heavy atom. The average molecular weight is 295 g/mol. The molecule has 0 N–H and O–H groups in total. The highest BCUT2D eigenvalue weighted by Crippen LogP contribution is 2.21. The molecule has 0 aliphatic rings. The van der Waals surface area contributed by atoms with Gasteiger partial charge in [-0.05, 0) is 6.42 Å². The fraction of sp³-hybridized carbons (Fsp3) is 0.500. The lowest BCUT2D eigenvalue weighted by Crippen LogP contribution is -2.08. The summed E-state index contributed by atoms with van der Waals surface area (Å²) in [5.74, 6) is 2.26. The topological polar surface area (TPSA) is 74.6 Å². The van der Waals surface area contributed by atoms with E-state index in [1.807, 2.05) is 16.3 Å². The third-order valence-corrected chi connectivity index (χ3v) is 3.43. The second-order valence-corrected chi connectivity index (χ2v) is 4.84. The molecule has 0 aliphatic heterocycles. The van der Waals surface area contributed by atoms with Crippen molar-refractivity contribution in [2.75, 3.05) is 0 Å². The van der Waals surface area contributed by atoms with Crippen LogP contribution in [0.3, 0.4) is 0 Å². The van der Waals surface area contributed by atoms with E-state index in [0.29, 0.717) is 24.1 Å². The van der Waals surface area contributed by atoms with Crippen LogP contribution in [0, 0.1) is 6.92 Å². The van der Waals surface area contributed by atoms with Crippen LogP contribution in [0.1, 0.15) is 30.2 Å². The number of fused-ring (bicyclic) bond motifs is 1. The van der Waals surface area contributed by atoms with E-state index in [2.05, 4.69) is 27.1 Å². The summed E-state index contributed by atoms with van der Waals surface area (Å²) < 4.78 is 8.81. The minimum atomic E-state index is 0.328. The molecule has 3 rings (SSSR count). The van der Waals surface area contributed by atoms with Gasteiger partial charge in [0.25, 0.3) is 0 Å². The molecule has 106 valence electrons. The standard InChI is InChI=1S/C12H15ClN6O/c1-4-8-11-12(18(3)16-8)19(10(5-13)15-11)6-9-14-7(2)20-17-9/h4-6H2,1-3H3. The second-order valence-electron chi connectivity index (χ2n) is 4.57. The predicted octanol–water partition coefficient (Wildman–Crippen LogP) is 1.81. The number of nitrogens with zero attached hydrogens (tertiary/aromatic N) is 6. The molecule has 0 radical (unpaired) electrons. The summed E-state index contributed by atoms with van der Waals surface area (Å²) in [5, 5.41) is 8.40. The van der Waals surface area contributed by atoms with Gasteiger partial charge in [-0.2, -0.15) is 10.1 Å². The molecule has 0 amide bonds. The zero-order chi connectivity index (χ0) is 14.3. The molecule has 0 spiro atoms. The lowest BCUT2D eigenvalue weighted by Gasteiger charge is -2.04. The lowest BCUT2D eigenvalue weighted by molar-refractivity contribution is 0.386. The smallest absolute Gasteiger partial charge is 0.223 e. The molecule has 0 unspecified atom stereocenters. The van der Waals surface area contributed by atoms with Gasteiger partial charge in [0, 0.05) is 14.0 Å². The van der Waals surface area contributed by atoms with Crippen LogP contribution in [0.25, 0.3) is 11.2 Å². The maximum Gasteiger partial charge on any atom is 0.223 e. The zero-order valence-electron chi connectivity index (χ0n) is 11.6. The summed E-state index contributed by atoms with van der Waals surface area (Å²) in [7, 11) is 1.90. The Hall–Kier alpha value is -1.89. The van der Waals surface area contributed by atoms with Gasteiger partial charge in [-0.1, -0.05) is 12.1 Å². The summed E-state index contributed by atoms with van der Waals surface area (Å²) in [4.78, 5) is 8.81. The lowest BCUT2D eigenvalue weighted by atomic mass is 10.3. The first-order chi connectivity index (χ1) is 9.63. The first-order valence-electron chi connectivity index (χ1n) is 6.40. The van der Waals surface area contributed by atoms with Gasteiger partial charge >= 0.3 is 0 Å². The van der Waals surface area contributed by atoms with Crippen molar-refractivity contribution in [3.8, 4) is 0 Å². The highest BCUT2D eigenvalue weighted by Gasteiger charge is 2.19. The molecule has 0 bridgehead atoms. The van der Waals surface area contributed by atoms with Crippen LogP contribution < -0.4 is 0 Å². The Bertz CT molecular complexity index is 756. The van der Waals surface area contributed by atoms with Crippen LogP contribution in [0.15, 0.2) is 4.52 Å². The van der Waals surface area contributed by atoms with E-state index in [9.17, 15) is 0 Å². The quantitative estimate of drug-likeness (QED) is 0.686. The number of alkyl halides is 1. The molecule has 20 heavy (non-hydrogen) atoms. The van der Waals surface area contributed by atoms with Crippen LogP contribution in [0.5, 0.6) is 0 Å². The minimum Gasteiger partial charge on any atom is -0.340 e. The van der Waals surface area contributed by atoms with Crippen molar-refractivity contribution in [3.63, 3.8) is 0 Å². The number of imidazole rings is 1. The molecule has 7 nitrogen and oxygen atoms in total. The minimum absolute atomic E-state index is 0.328. The first kappa shape index (κ1) is 13.1. The van der Waals surface area contributed by atoms with Crippen molar-refractivity contribution < 1.29 is 4.52 Å². The summed E-state index contributed by atoms with van der Waals surface area (Å²) in [6.45, 7) is 4.30. The van der Waals surface area contributed by atoms with E-state index >= 15 is 0 Å². The van der Waals surface area contributed by atoms with Gasteiger partial charge in [0.2, 0.25) is 5.89 Å². The van der Waals surface area contributed by atoms with Gasteiger partial charge in [-0.3, -0.25) is 4.68 Å². The highest BCUT2D eigenvalue weighted by molar-refractivity contribution is 6.16. The molecule has 0 saturated carbocycles. The van der Waals surface area contributed by atoms with E-state index in [1.54, 1.807) is 6.92 Å². The summed E-state index contributed by atoms with van der Waals surface area (Å²) in [6, 6.07) is 0. The number of halogens is 1. The second kappa shape index (κ2) is 4.90. The Kier molecular flexibility index (Phi) is 3.21. The summed E-state index contributed by atoms with van der Waals surface area (Å²) in [6.07, 6.45) is 0.831. The number of hydrogen-bond donors (Lipinski definition) is 0. The monoisotopic (exact) mass is 294 g/mol. The fourth-order valence-corrected chi connectivity index (χ4v) is 2.54. The van der Waals surface area contributed by atoms with Gasteiger partial charge in [0.1, 0.15) is 11.3 Å². The Balaban J connectivity index is 2.14. The maximum absolute atomic E-state index is 6.00. The molecule has 0 saturated heterocycles. The molecule has 8 heteroatoms. The van der Waals surface area contributed by atoms with Crippen molar-refractivity contribution in [2.45, 2.75) is 32.7 Å². The van der Waals surface area contributed by atoms with E-state index in [1.165, 1.54) is 0 Å². The SMILES string of the molecule is CCc1nn(C)c2c1nc(CCl)n2Cc1noc(C)n1. The van der Waals surface area contributed by atoms with Crippen molar-refractivity contribution in [3.05, 3.63) is 23.2 Å². The highest BCUT2D eigenvalue weighted by atomic mass is 35.5. The van der Waals surface area contributed by atoms with Gasteiger partial charge in [-0.25, -0.2) is 4.98 Å². The van der Waals surface area contributed by atoms with Crippen LogP contribution in [0.2, 0.25) is 0 Å². The summed E-state index contributed by atoms with van der Waals surface area (Å²) >= 11 is 6.00. The van der Waals surface area contributed by atoms with Crippen molar-refractivity contribution >= 4 is 22.8 Å². The van der Waals surface area contributed by atoms with Gasteiger partial charge in [0.05, 0.1) is 18.1 Å². The van der Waals surface area contributed by atoms with Crippen LogP contribution >= 0.6 is 11.6 Å². The third kappa shape index (κ3) is 1.98. The molecule has 0 atom stereocenters. The number of aromatic nitrogens is 6. The van der Waals surface area contributed by atoms with Crippen molar-refractivity contribution in [1.29, 1.82) is 0 Å². The van der Waals surface area contributed by atoms with E-state index in [0.717, 1.165) is 29.1 Å². The number of hydrogen-bond acceptors (Lipinski definition) is 5. The van der Waals surface area contributed by atoms with Gasteiger partial charge in [-0.15, -0.1) is 11.6 Å². The molecule has 3 aromatic rings. The molecule has 3 aromatic heterocycles. The van der Waals surface area contributed by atoms with E-state index < -0.39 is 0 Å². The van der Waals surface area contributed by atoms with Crippen molar-refractivity contribution in [1.82, 2.24) is 29.5 Å². The zero-order valence-corrected chi connectivity index (χ0v) is 12.3. The van der Waals surface area contributed by atoms with E-state index in [4.69, 9.17) is 16.1 Å². The summed E-state index contributed by atoms with van der Waals surface area (Å²) in [5.41, 5.74) is 2.79. The van der Waals surface area contributed by atoms with Crippen LogP contribution in [-0.2, 0) is 25.9 Å². The van der Waals surface area contributed by atoms with Gasteiger partial charge < -0.3 is 9.09 Å². The normalized spacial score (nSPS) is 11.6. The van der Waals surface area contributed by atoms with Gasteiger partial charge in [0.15, 0.2) is 11.5 Å². The molecule has 0 aromatic carbocycles. The Morgan fingerprint density at radius 3 is 2.70 bits per heavy atom. The Morgan fingerprint density at radius 1 is 1.30 bits per heavy atom. The number of rotatable bonds is 4. The predicted molar refractivity (Wildman–Crippen MR) is 73.6 cm³/mol. The van der Waals surface area contributed by atoms with E-state index in [-0.39, 0.29) is 0 Å². The number of aryl methyl sites for hydroxylation is 3. The van der Waals surface area contributed by atoms with Crippen LogP contribution in [-0.4, -0.2) is 29.5 Å². The van der Waals surface area contributed by atoms with Crippen LogP contribution in [0.4, 0.5) is 0 Å². The molecule has 0 aliphatic carbocycles. The molecular weight excluding hydrogens is 280 g/mol. The first-order valence-corrected chi connectivity index (χ1v) is 6.93.